The number of aliphatic hydroxyl groups is 1. The molecule has 3 aromatic rings. The van der Waals surface area contributed by atoms with Gasteiger partial charge in [-0.1, -0.05) is 31.0 Å². The monoisotopic (exact) mass is 547 g/mol. The lowest BCUT2D eigenvalue weighted by Crippen LogP contribution is -2.49. The van der Waals surface area contributed by atoms with Crippen LogP contribution in [0.2, 0.25) is 0 Å². The summed E-state index contributed by atoms with van der Waals surface area (Å²) >= 11 is 1.83. The molecule has 3 N–H and O–H groups in total. The summed E-state index contributed by atoms with van der Waals surface area (Å²) in [6.07, 6.45) is 5.98. The van der Waals surface area contributed by atoms with E-state index in [1.165, 1.54) is 25.7 Å². The lowest BCUT2D eigenvalue weighted by atomic mass is 10.1. The summed E-state index contributed by atoms with van der Waals surface area (Å²) in [5.74, 6) is 2.48. The Kier molecular flexibility index (Phi) is 8.08. The number of benzene rings is 2. The molecule has 1 amide bonds. The highest BCUT2D eigenvalue weighted by Crippen LogP contribution is 2.36. The van der Waals surface area contributed by atoms with Crippen molar-refractivity contribution >= 4 is 39.3 Å². The Morgan fingerprint density at radius 1 is 1.08 bits per heavy atom. The molecular weight excluding hydrogens is 510 g/mol. The van der Waals surface area contributed by atoms with Crippen molar-refractivity contribution in [1.82, 2.24) is 14.8 Å². The number of fused-ring (bicyclic) bond motifs is 1. The maximum absolute atomic E-state index is 11.7. The van der Waals surface area contributed by atoms with Gasteiger partial charge in [0.25, 0.3) is 0 Å². The van der Waals surface area contributed by atoms with Crippen LogP contribution in [0.5, 0.6) is 11.5 Å². The Morgan fingerprint density at radius 3 is 2.64 bits per heavy atom. The van der Waals surface area contributed by atoms with Gasteiger partial charge in [-0.15, -0.1) is 11.8 Å². The van der Waals surface area contributed by atoms with Gasteiger partial charge in [0.1, 0.15) is 23.1 Å². The highest BCUT2D eigenvalue weighted by atomic mass is 32.2. The van der Waals surface area contributed by atoms with Gasteiger partial charge in [0.2, 0.25) is 5.91 Å². The molecule has 2 aromatic carbocycles. The van der Waals surface area contributed by atoms with Crippen LogP contribution in [0.25, 0.3) is 10.9 Å². The van der Waals surface area contributed by atoms with Gasteiger partial charge in [0.05, 0.1) is 22.9 Å². The number of hydrogen-bond acceptors (Lipinski definition) is 7. The molecule has 1 saturated carbocycles. The molecule has 2 aliphatic heterocycles. The maximum atomic E-state index is 11.7. The molecule has 8 nitrogen and oxygen atoms in total. The molecule has 0 bridgehead atoms. The van der Waals surface area contributed by atoms with Crippen molar-refractivity contribution in [3.05, 3.63) is 54.2 Å². The number of aromatic nitrogens is 1. The highest BCUT2D eigenvalue weighted by molar-refractivity contribution is 8.14. The molecule has 2 fully saturated rings. The fourth-order valence-corrected chi connectivity index (χ4v) is 6.86. The van der Waals surface area contributed by atoms with E-state index in [2.05, 4.69) is 33.4 Å². The first-order valence-corrected chi connectivity index (χ1v) is 15.1. The van der Waals surface area contributed by atoms with Gasteiger partial charge in [-0.2, -0.15) is 0 Å². The van der Waals surface area contributed by atoms with Crippen molar-refractivity contribution in [3.63, 3.8) is 0 Å². The zero-order valence-corrected chi connectivity index (χ0v) is 23.1. The molecule has 1 aromatic heterocycles. The lowest BCUT2D eigenvalue weighted by molar-refractivity contribution is -0.135. The predicted octanol–water partition coefficient (Wildman–Crippen LogP) is 4.70. The van der Waals surface area contributed by atoms with E-state index < -0.39 is 6.61 Å². The van der Waals surface area contributed by atoms with Crippen molar-refractivity contribution in [3.8, 4) is 11.5 Å². The van der Waals surface area contributed by atoms with Crippen LogP contribution in [0, 0.1) is 0 Å². The quantitative estimate of drug-likeness (QED) is 0.360. The fraction of sp³-hybridized carbons (Fsp3) is 0.467. The van der Waals surface area contributed by atoms with Gasteiger partial charge >= 0.3 is 0 Å². The normalized spacial score (nSPS) is 20.5. The molecule has 3 heterocycles. The number of rotatable bonds is 9. The Balaban J connectivity index is 1.15. The van der Waals surface area contributed by atoms with E-state index in [9.17, 15) is 4.79 Å². The molecule has 0 spiro atoms. The minimum Gasteiger partial charge on any atom is -0.457 e. The second kappa shape index (κ2) is 12.0. The molecule has 3 aliphatic rings. The molecule has 0 radical (unpaired) electrons. The van der Waals surface area contributed by atoms with Gasteiger partial charge in [-0.3, -0.25) is 14.7 Å². The third kappa shape index (κ3) is 6.26. The molecule has 1 unspecified atom stereocenters. The van der Waals surface area contributed by atoms with Gasteiger partial charge in [-0.25, -0.2) is 0 Å². The van der Waals surface area contributed by atoms with Crippen molar-refractivity contribution in [2.75, 3.05) is 50.4 Å². The van der Waals surface area contributed by atoms with E-state index in [-0.39, 0.29) is 5.91 Å². The van der Waals surface area contributed by atoms with Gasteiger partial charge in [0.15, 0.2) is 0 Å². The van der Waals surface area contributed by atoms with Crippen molar-refractivity contribution in [2.45, 2.75) is 44.2 Å². The SMILES string of the molecule is O=C(CO)N1CCN(CCC2CSC(c3cc4cc(Oc5ccccc5)cc(NC5CCCC5)c4[nH]3)=N2)CC1. The summed E-state index contributed by atoms with van der Waals surface area (Å²) in [5.41, 5.74) is 3.27. The maximum Gasteiger partial charge on any atom is 0.248 e. The zero-order chi connectivity index (χ0) is 26.6. The molecule has 9 heteroatoms. The number of amides is 1. The molecule has 1 saturated heterocycles. The van der Waals surface area contributed by atoms with Crippen molar-refractivity contribution < 1.29 is 14.6 Å². The Bertz CT molecular complexity index is 1310. The van der Waals surface area contributed by atoms with E-state index >= 15 is 0 Å². The highest BCUT2D eigenvalue weighted by Gasteiger charge is 2.25. The third-order valence-corrected chi connectivity index (χ3v) is 9.13. The number of piperazine rings is 1. The van der Waals surface area contributed by atoms with Crippen LogP contribution in [-0.4, -0.2) is 88.0 Å². The number of aromatic amines is 1. The molecule has 206 valence electrons. The number of aliphatic hydroxyl groups excluding tert-OH is 1. The molecule has 1 aliphatic carbocycles. The number of carbonyl (C=O) groups is 1. The molecule has 39 heavy (non-hydrogen) atoms. The summed E-state index contributed by atoms with van der Waals surface area (Å²) in [6, 6.07) is 17.2. The predicted molar refractivity (Wildman–Crippen MR) is 158 cm³/mol. The summed E-state index contributed by atoms with van der Waals surface area (Å²) in [4.78, 5) is 24.6. The molecule has 1 atom stereocenters. The number of para-hydroxylation sites is 1. The van der Waals surface area contributed by atoms with Crippen molar-refractivity contribution in [2.24, 2.45) is 4.99 Å². The number of aliphatic imine (C=N–C) groups is 1. The first-order chi connectivity index (χ1) is 19.1. The van der Waals surface area contributed by atoms with Crippen LogP contribution in [0.4, 0.5) is 5.69 Å². The largest absolute Gasteiger partial charge is 0.457 e. The summed E-state index contributed by atoms with van der Waals surface area (Å²) < 4.78 is 6.23. The molecular formula is C30H37N5O3S. The van der Waals surface area contributed by atoms with E-state index in [4.69, 9.17) is 14.8 Å². The van der Waals surface area contributed by atoms with E-state index in [0.29, 0.717) is 25.2 Å². The standard InChI is InChI=1S/C30H37N5O3S/c36-19-28(37)35-14-12-34(13-15-35)11-10-23-20-39-30(32-23)27-17-21-16-25(38-24-8-2-1-3-9-24)18-26(29(21)33-27)31-22-6-4-5-7-22/h1-3,8-9,16-18,22-23,31,33,36H,4-7,10-15,19-20H2. The van der Waals surface area contributed by atoms with Crippen LogP contribution in [0.15, 0.2) is 53.5 Å². The van der Waals surface area contributed by atoms with Crippen LogP contribution in [-0.2, 0) is 4.79 Å². The van der Waals surface area contributed by atoms with Crippen LogP contribution >= 0.6 is 11.8 Å². The Hall–Kier alpha value is -3.01. The van der Waals surface area contributed by atoms with E-state index in [1.54, 1.807) is 4.90 Å². The number of carbonyl (C=O) groups excluding carboxylic acids is 1. The smallest absolute Gasteiger partial charge is 0.248 e. The average molecular weight is 548 g/mol. The number of anilines is 1. The van der Waals surface area contributed by atoms with Crippen LogP contribution in [0.1, 0.15) is 37.8 Å². The second-order valence-electron chi connectivity index (χ2n) is 10.7. The second-order valence-corrected chi connectivity index (χ2v) is 11.7. The summed E-state index contributed by atoms with van der Waals surface area (Å²) in [6.45, 7) is 3.67. The Labute approximate surface area is 233 Å². The summed E-state index contributed by atoms with van der Waals surface area (Å²) in [7, 11) is 0. The minimum absolute atomic E-state index is 0.172. The first kappa shape index (κ1) is 26.2. The van der Waals surface area contributed by atoms with Crippen LogP contribution in [0.3, 0.4) is 0 Å². The number of nitrogens with one attached hydrogen (secondary N) is 2. The number of hydrogen-bond donors (Lipinski definition) is 3. The van der Waals surface area contributed by atoms with Gasteiger partial charge in [-0.05, 0) is 43.5 Å². The number of nitrogens with zero attached hydrogens (tertiary/aromatic N) is 3. The zero-order valence-electron chi connectivity index (χ0n) is 22.3. The first-order valence-electron chi connectivity index (χ1n) is 14.1. The topological polar surface area (TPSA) is 93.2 Å². The fourth-order valence-electron chi connectivity index (χ4n) is 5.78. The van der Waals surface area contributed by atoms with Crippen LogP contribution < -0.4 is 10.1 Å². The number of thioether (sulfide) groups is 1. The van der Waals surface area contributed by atoms with Gasteiger partial charge in [0, 0.05) is 56.0 Å². The average Bonchev–Trinajstić information content (AvgIpc) is 3.74. The minimum atomic E-state index is -0.399. The van der Waals surface area contributed by atoms with Crippen molar-refractivity contribution in [1.29, 1.82) is 0 Å². The van der Waals surface area contributed by atoms with E-state index in [1.807, 2.05) is 42.1 Å². The number of ether oxygens (including phenoxy) is 1. The van der Waals surface area contributed by atoms with E-state index in [0.717, 1.165) is 70.6 Å². The van der Waals surface area contributed by atoms with Gasteiger partial charge < -0.3 is 25.0 Å². The third-order valence-electron chi connectivity index (χ3n) is 7.98. The lowest BCUT2D eigenvalue weighted by Gasteiger charge is -2.34. The summed E-state index contributed by atoms with van der Waals surface area (Å²) in [5, 5.41) is 15.1. The Morgan fingerprint density at radius 2 is 1.87 bits per heavy atom. The molecule has 6 rings (SSSR count). The number of H-pyrrole nitrogens is 1.